The van der Waals surface area contributed by atoms with Crippen molar-refractivity contribution < 1.29 is 16.8 Å². The third kappa shape index (κ3) is 4.42. The van der Waals surface area contributed by atoms with Gasteiger partial charge in [0.2, 0.25) is 0 Å². The predicted octanol–water partition coefficient (Wildman–Crippen LogP) is 2.97. The van der Waals surface area contributed by atoms with Crippen LogP contribution >= 0.6 is 12.1 Å². The minimum Gasteiger partial charge on any atom is -0.206 e. The Morgan fingerprint density at radius 3 is 1.28 bits per heavy atom. The molecule has 0 N–H and O–H groups in total. The van der Waals surface area contributed by atoms with Crippen molar-refractivity contribution in [2.24, 2.45) is 0 Å². The normalized spacial score (nSPS) is 12.6. The summed E-state index contributed by atoms with van der Waals surface area (Å²) in [6, 6.07) is 15.9. The SMILES string of the molecule is CCN(SN(CC)S(=O)(=O)c1ccccc1)S(=O)(=O)c1ccccc1. The van der Waals surface area contributed by atoms with E-state index in [-0.39, 0.29) is 22.9 Å². The molecule has 0 aliphatic rings. The fourth-order valence-electron chi connectivity index (χ4n) is 2.06. The van der Waals surface area contributed by atoms with Crippen LogP contribution in [0, 0.1) is 0 Å². The van der Waals surface area contributed by atoms with Gasteiger partial charge in [0.25, 0.3) is 20.0 Å². The number of rotatable bonds is 8. The van der Waals surface area contributed by atoms with Crippen LogP contribution in [0.1, 0.15) is 13.8 Å². The summed E-state index contributed by atoms with van der Waals surface area (Å²) in [4.78, 5) is 0.245. The number of hydrogen-bond donors (Lipinski definition) is 0. The maximum absolute atomic E-state index is 12.8. The zero-order chi connectivity index (χ0) is 18.5. The third-order valence-corrected chi connectivity index (χ3v) is 9.10. The fraction of sp³-hybridized carbons (Fsp3) is 0.250. The van der Waals surface area contributed by atoms with Gasteiger partial charge in [0.05, 0.1) is 9.79 Å². The van der Waals surface area contributed by atoms with Crippen molar-refractivity contribution >= 4 is 32.2 Å². The Morgan fingerprint density at radius 2 is 1.00 bits per heavy atom. The van der Waals surface area contributed by atoms with Crippen molar-refractivity contribution in [2.75, 3.05) is 13.1 Å². The van der Waals surface area contributed by atoms with Crippen LogP contribution in [0.2, 0.25) is 0 Å². The van der Waals surface area contributed by atoms with Crippen molar-refractivity contribution in [3.63, 3.8) is 0 Å². The summed E-state index contributed by atoms with van der Waals surface area (Å²) < 4.78 is 53.2. The molecule has 0 saturated carbocycles. The molecular weight excluding hydrogens is 380 g/mol. The van der Waals surface area contributed by atoms with Crippen LogP contribution in [0.15, 0.2) is 70.5 Å². The summed E-state index contributed by atoms with van der Waals surface area (Å²) in [5, 5.41) is 0. The van der Waals surface area contributed by atoms with E-state index in [0.717, 1.165) is 7.42 Å². The van der Waals surface area contributed by atoms with Crippen LogP contribution in [-0.2, 0) is 20.0 Å². The van der Waals surface area contributed by atoms with Gasteiger partial charge in [0.1, 0.15) is 0 Å². The highest BCUT2D eigenvalue weighted by molar-refractivity contribution is 8.13. The Balaban J connectivity index is 2.33. The first-order valence-electron chi connectivity index (χ1n) is 7.67. The average molecular weight is 401 g/mol. The third-order valence-electron chi connectivity index (χ3n) is 3.32. The molecule has 0 unspecified atom stereocenters. The first-order chi connectivity index (χ1) is 11.8. The summed E-state index contributed by atoms with van der Waals surface area (Å²) >= 11 is 0.684. The largest absolute Gasteiger partial charge is 0.253 e. The molecule has 0 bridgehead atoms. The van der Waals surface area contributed by atoms with Gasteiger partial charge >= 0.3 is 0 Å². The molecule has 0 heterocycles. The molecule has 0 saturated heterocycles. The highest BCUT2D eigenvalue weighted by Gasteiger charge is 2.31. The highest BCUT2D eigenvalue weighted by Crippen LogP contribution is 2.30. The summed E-state index contributed by atoms with van der Waals surface area (Å²) in [6.45, 7) is 3.58. The van der Waals surface area contributed by atoms with Gasteiger partial charge in [-0.2, -0.15) is 0 Å². The number of sulfonamides is 2. The fourth-order valence-corrected chi connectivity index (χ4v) is 6.48. The van der Waals surface area contributed by atoms with E-state index < -0.39 is 20.0 Å². The van der Waals surface area contributed by atoms with E-state index in [1.807, 2.05) is 0 Å². The van der Waals surface area contributed by atoms with Gasteiger partial charge < -0.3 is 0 Å². The quantitative estimate of drug-likeness (QED) is 0.637. The van der Waals surface area contributed by atoms with Crippen molar-refractivity contribution in [3.8, 4) is 0 Å². The molecule has 0 aliphatic heterocycles. The molecule has 2 rings (SSSR count). The molecule has 0 aromatic heterocycles. The van der Waals surface area contributed by atoms with Crippen molar-refractivity contribution in [3.05, 3.63) is 60.7 Å². The molecule has 0 spiro atoms. The maximum atomic E-state index is 12.8. The first kappa shape index (κ1) is 19.9. The van der Waals surface area contributed by atoms with Crippen LogP contribution in [0.5, 0.6) is 0 Å². The molecule has 0 fully saturated rings. The lowest BCUT2D eigenvalue weighted by Crippen LogP contribution is -2.33. The van der Waals surface area contributed by atoms with Gasteiger partial charge in [-0.25, -0.2) is 16.8 Å². The Morgan fingerprint density at radius 1 is 0.680 bits per heavy atom. The molecule has 0 aliphatic carbocycles. The molecule has 0 atom stereocenters. The van der Waals surface area contributed by atoms with Gasteiger partial charge in [0, 0.05) is 25.2 Å². The minimum absolute atomic E-state index is 0.123. The number of nitrogens with zero attached hydrogens (tertiary/aromatic N) is 2. The van der Waals surface area contributed by atoms with Gasteiger partial charge in [0.15, 0.2) is 0 Å². The van der Waals surface area contributed by atoms with Crippen LogP contribution in [0.25, 0.3) is 0 Å². The Hall–Kier alpha value is -1.39. The summed E-state index contributed by atoms with van der Waals surface area (Å²) in [5.41, 5.74) is 0. The molecule has 136 valence electrons. The van der Waals surface area contributed by atoms with E-state index in [0.29, 0.717) is 12.1 Å². The van der Waals surface area contributed by atoms with E-state index >= 15 is 0 Å². The zero-order valence-electron chi connectivity index (χ0n) is 13.9. The first-order valence-corrected chi connectivity index (χ1v) is 11.3. The van der Waals surface area contributed by atoms with Gasteiger partial charge in [-0.15, -0.1) is 7.42 Å². The van der Waals surface area contributed by atoms with E-state index in [9.17, 15) is 16.8 Å². The molecule has 0 radical (unpaired) electrons. The van der Waals surface area contributed by atoms with Crippen molar-refractivity contribution in [1.29, 1.82) is 0 Å². The molecule has 25 heavy (non-hydrogen) atoms. The molecule has 2 aromatic carbocycles. The summed E-state index contributed by atoms with van der Waals surface area (Å²) in [6.07, 6.45) is 0. The molecule has 0 amide bonds. The highest BCUT2D eigenvalue weighted by atomic mass is 32.3. The summed E-state index contributed by atoms with van der Waals surface area (Å²) in [7, 11) is -7.62. The van der Waals surface area contributed by atoms with Crippen molar-refractivity contribution in [2.45, 2.75) is 23.6 Å². The van der Waals surface area contributed by atoms with Crippen LogP contribution in [0.4, 0.5) is 0 Å². The monoisotopic (exact) mass is 400 g/mol. The van der Waals surface area contributed by atoms with Crippen LogP contribution < -0.4 is 0 Å². The molecule has 6 nitrogen and oxygen atoms in total. The smallest absolute Gasteiger partial charge is 0.206 e. The second-order valence-electron chi connectivity index (χ2n) is 4.96. The van der Waals surface area contributed by atoms with Crippen LogP contribution in [-0.4, -0.2) is 37.3 Å². The topological polar surface area (TPSA) is 74.8 Å². The average Bonchev–Trinajstić information content (AvgIpc) is 2.63. The Bertz CT molecular complexity index is 810. The van der Waals surface area contributed by atoms with Crippen molar-refractivity contribution in [1.82, 2.24) is 7.42 Å². The predicted molar refractivity (Wildman–Crippen MR) is 99.6 cm³/mol. The summed E-state index contributed by atoms with van der Waals surface area (Å²) in [5.74, 6) is 0. The van der Waals surface area contributed by atoms with E-state index in [1.165, 1.54) is 24.3 Å². The van der Waals surface area contributed by atoms with E-state index in [1.54, 1.807) is 50.2 Å². The Kier molecular flexibility index (Phi) is 6.64. The minimum atomic E-state index is -3.81. The molecular formula is C16H20N2O4S3. The standard InChI is InChI=1S/C16H20N2O4S3/c1-3-17(24(19,20)15-11-7-5-8-12-15)23-18(4-2)25(21,22)16-13-9-6-10-14-16/h5-14H,3-4H2,1-2H3. The lowest BCUT2D eigenvalue weighted by Gasteiger charge is -2.26. The Labute approximate surface area is 153 Å². The number of benzene rings is 2. The maximum Gasteiger partial charge on any atom is 0.253 e. The second kappa shape index (κ2) is 8.33. The number of hydrogen-bond acceptors (Lipinski definition) is 5. The zero-order valence-corrected chi connectivity index (χ0v) is 16.4. The molecule has 9 heteroatoms. The van der Waals surface area contributed by atoms with E-state index in [4.69, 9.17) is 0 Å². The van der Waals surface area contributed by atoms with Gasteiger partial charge in [-0.05, 0) is 24.3 Å². The lowest BCUT2D eigenvalue weighted by molar-refractivity contribution is 0.530. The van der Waals surface area contributed by atoms with Crippen LogP contribution in [0.3, 0.4) is 0 Å². The second-order valence-corrected chi connectivity index (χ2v) is 10.2. The van der Waals surface area contributed by atoms with Gasteiger partial charge in [-0.1, -0.05) is 50.2 Å². The lowest BCUT2D eigenvalue weighted by atomic mass is 10.4. The van der Waals surface area contributed by atoms with E-state index in [2.05, 4.69) is 0 Å². The molecule has 2 aromatic rings. The van der Waals surface area contributed by atoms with Gasteiger partial charge in [-0.3, -0.25) is 0 Å².